The molecule has 0 saturated carbocycles. The normalized spacial score (nSPS) is 13.7. The molecule has 4 rings (SSSR count). The van der Waals surface area contributed by atoms with Crippen LogP contribution in [0.25, 0.3) is 0 Å². The van der Waals surface area contributed by atoms with Crippen molar-refractivity contribution in [2.45, 2.75) is 6.54 Å². The predicted octanol–water partition coefficient (Wildman–Crippen LogP) is 0.781. The summed E-state index contributed by atoms with van der Waals surface area (Å²) in [5.41, 5.74) is 2.20. The molecule has 0 atom stereocenters. The van der Waals surface area contributed by atoms with Crippen molar-refractivity contribution in [2.24, 2.45) is 0 Å². The molecule has 0 aliphatic carbocycles. The third kappa shape index (κ3) is 4.91. The molecule has 2 aromatic carbocycles. The first-order valence-electron chi connectivity index (χ1n) is 9.63. The maximum Gasteiger partial charge on any atom is 0.260 e. The maximum atomic E-state index is 13.9. The van der Waals surface area contributed by atoms with E-state index in [0.717, 1.165) is 23.8 Å². The Morgan fingerprint density at radius 2 is 1.67 bits per heavy atom. The van der Waals surface area contributed by atoms with Crippen molar-refractivity contribution in [3.05, 3.63) is 95.0 Å². The van der Waals surface area contributed by atoms with Gasteiger partial charge in [-0.05, 0) is 30.3 Å². The number of aromatic nitrogens is 1. The molecule has 1 amide bonds. The van der Waals surface area contributed by atoms with Crippen LogP contribution in [0.1, 0.15) is 15.9 Å². The summed E-state index contributed by atoms with van der Waals surface area (Å²) in [6.45, 7) is 3.11. The molecule has 0 N–H and O–H groups in total. The van der Waals surface area contributed by atoms with E-state index in [-0.39, 0.29) is 24.1 Å². The van der Waals surface area contributed by atoms with Crippen LogP contribution in [-0.4, -0.2) is 37.0 Å². The van der Waals surface area contributed by atoms with Gasteiger partial charge < -0.3 is 22.2 Å². The smallest absolute Gasteiger partial charge is 0.260 e. The minimum atomic E-state index is -0.243. The van der Waals surface area contributed by atoms with E-state index in [9.17, 15) is 9.18 Å². The van der Waals surface area contributed by atoms with Crippen LogP contribution in [-0.2, 0) is 6.54 Å². The number of anilines is 1. The Bertz CT molecular complexity index is 1020. The molecule has 1 aliphatic rings. The lowest BCUT2D eigenvalue weighted by atomic mass is 10.2. The summed E-state index contributed by atoms with van der Waals surface area (Å²) in [4.78, 5) is 17.0. The number of carbonyl (C=O) groups is 1. The van der Waals surface area contributed by atoms with Crippen molar-refractivity contribution in [1.29, 1.82) is 0 Å². The first kappa shape index (κ1) is 22.1. The summed E-state index contributed by atoms with van der Waals surface area (Å²) in [6, 6.07) is 18.1. The number of halogens is 3. The lowest BCUT2D eigenvalue weighted by Crippen LogP contribution is -3.00. The molecule has 1 fully saturated rings. The number of benzene rings is 2. The van der Waals surface area contributed by atoms with Crippen LogP contribution >= 0.6 is 11.6 Å². The van der Waals surface area contributed by atoms with Crippen LogP contribution in [0, 0.1) is 5.82 Å². The molecule has 2 heterocycles. The molecule has 4 nitrogen and oxygen atoms in total. The average molecular weight is 446 g/mol. The number of hydrogen-bond donors (Lipinski definition) is 0. The monoisotopic (exact) mass is 445 g/mol. The van der Waals surface area contributed by atoms with E-state index in [1.807, 2.05) is 52.1 Å². The Kier molecular flexibility index (Phi) is 7.29. The minimum absolute atomic E-state index is 0. The van der Waals surface area contributed by atoms with Crippen molar-refractivity contribution in [3.63, 3.8) is 0 Å². The Morgan fingerprint density at radius 3 is 2.40 bits per heavy atom. The quantitative estimate of drug-likeness (QED) is 0.555. The summed E-state index contributed by atoms with van der Waals surface area (Å²) in [7, 11) is 0. The van der Waals surface area contributed by atoms with Gasteiger partial charge in [0, 0.05) is 32.2 Å². The van der Waals surface area contributed by atoms with Crippen LogP contribution in [0.15, 0.2) is 73.1 Å². The van der Waals surface area contributed by atoms with Crippen molar-refractivity contribution < 1.29 is 26.2 Å². The Morgan fingerprint density at radius 1 is 0.967 bits per heavy atom. The van der Waals surface area contributed by atoms with E-state index in [2.05, 4.69) is 4.90 Å². The zero-order valence-corrected chi connectivity index (χ0v) is 17.9. The van der Waals surface area contributed by atoms with Crippen molar-refractivity contribution in [1.82, 2.24) is 4.90 Å². The molecule has 1 aliphatic heterocycles. The summed E-state index contributed by atoms with van der Waals surface area (Å²) in [5, 5.41) is 0.726. The summed E-state index contributed by atoms with van der Waals surface area (Å²) in [6.07, 6.45) is 3.63. The van der Waals surface area contributed by atoms with E-state index in [1.165, 1.54) is 6.07 Å². The van der Waals surface area contributed by atoms with Gasteiger partial charge in [0.25, 0.3) is 5.91 Å². The number of nitrogens with zero attached hydrogens (tertiary/aromatic N) is 3. The number of amides is 1. The van der Waals surface area contributed by atoms with E-state index >= 15 is 0 Å². The lowest BCUT2D eigenvalue weighted by Gasteiger charge is -2.36. The molecule has 0 radical (unpaired) electrons. The Balaban J connectivity index is 0.00000256. The number of para-hydroxylation sites is 1. The van der Waals surface area contributed by atoms with Crippen LogP contribution in [0.2, 0.25) is 5.02 Å². The molecule has 7 heteroatoms. The third-order valence-electron chi connectivity index (χ3n) is 5.18. The van der Waals surface area contributed by atoms with Crippen LogP contribution in [0.5, 0.6) is 0 Å². The molecule has 30 heavy (non-hydrogen) atoms. The predicted molar refractivity (Wildman–Crippen MR) is 112 cm³/mol. The first-order valence-corrected chi connectivity index (χ1v) is 10.0. The summed E-state index contributed by atoms with van der Waals surface area (Å²) in [5.74, 6) is -0.251. The second-order valence-electron chi connectivity index (χ2n) is 7.09. The first-order chi connectivity index (χ1) is 14.1. The average Bonchev–Trinajstić information content (AvgIpc) is 2.76. The fourth-order valence-electron chi connectivity index (χ4n) is 3.61. The molecule has 0 bridgehead atoms. The molecular formula is C23H22Cl2FN3O. The summed E-state index contributed by atoms with van der Waals surface area (Å²) < 4.78 is 15.8. The Labute approximate surface area is 186 Å². The topological polar surface area (TPSA) is 27.4 Å². The zero-order chi connectivity index (χ0) is 20.2. The lowest BCUT2D eigenvalue weighted by molar-refractivity contribution is -0.688. The maximum absolute atomic E-state index is 13.9. The highest BCUT2D eigenvalue weighted by Gasteiger charge is 2.24. The SMILES string of the molecule is O=C(c1ccc[n+](Cc2ccccc2F)c1)N1CCN(c2ccccc2Cl)CC1.[Cl-]. The zero-order valence-electron chi connectivity index (χ0n) is 16.3. The van der Waals surface area contributed by atoms with Crippen molar-refractivity contribution >= 4 is 23.2 Å². The van der Waals surface area contributed by atoms with Gasteiger partial charge in [0.2, 0.25) is 0 Å². The van der Waals surface area contributed by atoms with Gasteiger partial charge in [0.15, 0.2) is 18.9 Å². The number of hydrogen-bond acceptors (Lipinski definition) is 2. The molecule has 0 unspecified atom stereocenters. The van der Waals surface area contributed by atoms with Gasteiger partial charge in [-0.3, -0.25) is 4.79 Å². The number of pyridine rings is 1. The number of rotatable bonds is 4. The fraction of sp³-hybridized carbons (Fsp3) is 0.217. The molecule has 1 aromatic heterocycles. The van der Waals surface area contributed by atoms with E-state index in [0.29, 0.717) is 30.8 Å². The van der Waals surface area contributed by atoms with Crippen molar-refractivity contribution in [3.8, 4) is 0 Å². The molecule has 1 saturated heterocycles. The van der Waals surface area contributed by atoms with Gasteiger partial charge in [-0.25, -0.2) is 4.39 Å². The van der Waals surface area contributed by atoms with Crippen molar-refractivity contribution in [2.75, 3.05) is 31.1 Å². The van der Waals surface area contributed by atoms with Crippen LogP contribution < -0.4 is 21.9 Å². The van der Waals surface area contributed by atoms with E-state index in [4.69, 9.17) is 11.6 Å². The van der Waals surface area contributed by atoms with Gasteiger partial charge in [-0.15, -0.1) is 0 Å². The number of carbonyl (C=O) groups excluding carboxylic acids is 1. The molecule has 3 aromatic rings. The minimum Gasteiger partial charge on any atom is -1.00 e. The highest BCUT2D eigenvalue weighted by Crippen LogP contribution is 2.26. The molecular weight excluding hydrogens is 424 g/mol. The van der Waals surface area contributed by atoms with Gasteiger partial charge in [0.1, 0.15) is 11.4 Å². The summed E-state index contributed by atoms with van der Waals surface area (Å²) >= 11 is 6.30. The van der Waals surface area contributed by atoms with Crippen LogP contribution in [0.3, 0.4) is 0 Å². The molecule has 0 spiro atoms. The molecule has 156 valence electrons. The Hall–Kier alpha value is -2.63. The van der Waals surface area contributed by atoms with E-state index in [1.54, 1.807) is 24.4 Å². The highest BCUT2D eigenvalue weighted by molar-refractivity contribution is 6.33. The second kappa shape index (κ2) is 9.92. The number of piperazine rings is 1. The van der Waals surface area contributed by atoms with Crippen LogP contribution in [0.4, 0.5) is 10.1 Å². The van der Waals surface area contributed by atoms with Gasteiger partial charge >= 0.3 is 0 Å². The third-order valence-corrected chi connectivity index (χ3v) is 5.50. The van der Waals surface area contributed by atoms with E-state index < -0.39 is 0 Å². The highest BCUT2D eigenvalue weighted by atomic mass is 35.5. The fourth-order valence-corrected chi connectivity index (χ4v) is 3.87. The standard InChI is InChI=1S/C23H22ClFN3O.ClH/c24-20-8-2-4-10-22(20)27-12-14-28(15-13-27)23(29)19-7-5-11-26(17-19)16-18-6-1-3-9-21(18)25;/h1-11,17H,12-16H2;1H/q+1;/p-1. The van der Waals surface area contributed by atoms with Gasteiger partial charge in [-0.2, -0.15) is 4.57 Å². The largest absolute Gasteiger partial charge is 1.00 e. The second-order valence-corrected chi connectivity index (χ2v) is 7.49. The van der Waals surface area contributed by atoms with Gasteiger partial charge in [0.05, 0.1) is 16.3 Å². The van der Waals surface area contributed by atoms with Gasteiger partial charge in [-0.1, -0.05) is 35.9 Å².